The molecular weight excluding hydrogens is 453 g/mol. The van der Waals surface area contributed by atoms with Crippen LogP contribution in [0.15, 0.2) is 58.1 Å². The number of amides is 2. The van der Waals surface area contributed by atoms with Gasteiger partial charge in [-0.2, -0.15) is 0 Å². The molecule has 2 heterocycles. The van der Waals surface area contributed by atoms with E-state index in [0.717, 1.165) is 5.56 Å². The van der Waals surface area contributed by atoms with E-state index >= 15 is 0 Å². The number of aromatic amines is 1. The van der Waals surface area contributed by atoms with Crippen LogP contribution in [0.4, 0.5) is 21.6 Å². The second-order valence-electron chi connectivity index (χ2n) is 8.49. The number of hydrogen-bond acceptors (Lipinski definition) is 5. The number of halogens is 1. The van der Waals surface area contributed by atoms with Crippen molar-refractivity contribution in [3.05, 3.63) is 86.3 Å². The molecule has 4 rings (SSSR count). The predicted molar refractivity (Wildman–Crippen MR) is 131 cm³/mol. The lowest BCUT2D eigenvalue weighted by Crippen LogP contribution is -2.44. The molecule has 3 N–H and O–H groups in total. The fraction of sp³-hybridized carbons (Fsp3) is 0.280. The Morgan fingerprint density at radius 2 is 1.89 bits per heavy atom. The zero-order valence-electron chi connectivity index (χ0n) is 19.5. The number of benzene rings is 2. The SMILES string of the molecule is CCN(C(=O)C1CC(=O)N(c2ccc(C)c(F)c2)C1)c1c(N)n(Cc2ccccc2)c(=O)[nH]c1=O. The van der Waals surface area contributed by atoms with Crippen molar-refractivity contribution in [2.75, 3.05) is 28.6 Å². The van der Waals surface area contributed by atoms with Gasteiger partial charge >= 0.3 is 5.69 Å². The fourth-order valence-corrected chi connectivity index (χ4v) is 4.28. The van der Waals surface area contributed by atoms with Crippen LogP contribution in [-0.4, -0.2) is 34.5 Å². The summed E-state index contributed by atoms with van der Waals surface area (Å²) in [5, 5.41) is 0. The Labute approximate surface area is 200 Å². The number of nitrogens with two attached hydrogens (primary N) is 1. The molecule has 1 unspecified atom stereocenters. The van der Waals surface area contributed by atoms with Crippen molar-refractivity contribution in [1.29, 1.82) is 0 Å². The maximum absolute atomic E-state index is 14.0. The quantitative estimate of drug-likeness (QED) is 0.560. The largest absolute Gasteiger partial charge is 0.383 e. The predicted octanol–water partition coefficient (Wildman–Crippen LogP) is 2.02. The molecule has 182 valence electrons. The lowest BCUT2D eigenvalue weighted by atomic mass is 10.1. The first-order valence-electron chi connectivity index (χ1n) is 11.3. The van der Waals surface area contributed by atoms with E-state index in [1.807, 2.05) is 30.3 Å². The molecule has 1 fully saturated rings. The number of rotatable bonds is 6. The Bertz CT molecular complexity index is 1400. The Balaban J connectivity index is 1.64. The molecule has 2 amide bonds. The topological polar surface area (TPSA) is 121 Å². The minimum atomic E-state index is -0.784. The highest BCUT2D eigenvalue weighted by Crippen LogP contribution is 2.29. The molecule has 35 heavy (non-hydrogen) atoms. The van der Waals surface area contributed by atoms with Crippen LogP contribution in [0.2, 0.25) is 0 Å². The van der Waals surface area contributed by atoms with Crippen molar-refractivity contribution >= 4 is 29.0 Å². The summed E-state index contributed by atoms with van der Waals surface area (Å²) in [6, 6.07) is 13.5. The zero-order chi connectivity index (χ0) is 25.3. The second-order valence-corrected chi connectivity index (χ2v) is 8.49. The molecule has 2 aromatic carbocycles. The number of aryl methyl sites for hydroxylation is 1. The van der Waals surface area contributed by atoms with E-state index in [4.69, 9.17) is 5.73 Å². The molecule has 0 aliphatic carbocycles. The third-order valence-corrected chi connectivity index (χ3v) is 6.19. The van der Waals surface area contributed by atoms with Crippen molar-refractivity contribution < 1.29 is 14.0 Å². The number of aromatic nitrogens is 2. The molecule has 1 saturated heterocycles. The molecule has 0 bridgehead atoms. The third kappa shape index (κ3) is 4.59. The van der Waals surface area contributed by atoms with E-state index in [-0.39, 0.29) is 43.5 Å². The van der Waals surface area contributed by atoms with E-state index in [9.17, 15) is 23.6 Å². The average molecular weight is 480 g/mol. The van der Waals surface area contributed by atoms with Gasteiger partial charge < -0.3 is 15.5 Å². The molecule has 10 heteroatoms. The molecule has 0 saturated carbocycles. The highest BCUT2D eigenvalue weighted by molar-refractivity contribution is 6.05. The standard InChI is InChI=1S/C25H26FN5O4/c1-3-29(21-22(27)31(25(35)28-23(21)33)13-16-7-5-4-6-8-16)24(34)17-11-20(32)30(14-17)18-10-9-15(2)19(26)12-18/h4-10,12,17H,3,11,13-14,27H2,1-2H3,(H,28,33,35). The smallest absolute Gasteiger partial charge is 0.330 e. The molecule has 1 aliphatic heterocycles. The molecular formula is C25H26FN5O4. The highest BCUT2D eigenvalue weighted by atomic mass is 19.1. The minimum Gasteiger partial charge on any atom is -0.383 e. The summed E-state index contributed by atoms with van der Waals surface area (Å²) in [7, 11) is 0. The van der Waals surface area contributed by atoms with Crippen molar-refractivity contribution in [3.63, 3.8) is 0 Å². The van der Waals surface area contributed by atoms with Crippen LogP contribution in [-0.2, 0) is 16.1 Å². The lowest BCUT2D eigenvalue weighted by Gasteiger charge is -2.25. The monoisotopic (exact) mass is 479 g/mol. The van der Waals surface area contributed by atoms with Gasteiger partial charge in [-0.1, -0.05) is 36.4 Å². The van der Waals surface area contributed by atoms with Crippen molar-refractivity contribution in [2.45, 2.75) is 26.8 Å². The number of anilines is 3. The first kappa shape index (κ1) is 23.9. The highest BCUT2D eigenvalue weighted by Gasteiger charge is 2.38. The molecule has 9 nitrogen and oxygen atoms in total. The Morgan fingerprint density at radius 1 is 1.17 bits per heavy atom. The second kappa shape index (κ2) is 9.57. The first-order chi connectivity index (χ1) is 16.7. The van der Waals surface area contributed by atoms with Crippen LogP contribution >= 0.6 is 0 Å². The van der Waals surface area contributed by atoms with Gasteiger partial charge in [-0.3, -0.25) is 23.9 Å². The van der Waals surface area contributed by atoms with E-state index in [0.29, 0.717) is 11.3 Å². The summed E-state index contributed by atoms with van der Waals surface area (Å²) in [5.74, 6) is -2.14. The van der Waals surface area contributed by atoms with Gasteiger partial charge in [-0.05, 0) is 37.1 Å². The van der Waals surface area contributed by atoms with Gasteiger partial charge in [0.25, 0.3) is 5.56 Å². The minimum absolute atomic E-state index is 0.0398. The normalized spacial score (nSPS) is 15.5. The maximum Gasteiger partial charge on any atom is 0.330 e. The van der Waals surface area contributed by atoms with Crippen LogP contribution in [0.5, 0.6) is 0 Å². The third-order valence-electron chi connectivity index (χ3n) is 6.19. The van der Waals surface area contributed by atoms with Crippen LogP contribution in [0.25, 0.3) is 0 Å². The molecule has 0 spiro atoms. The fourth-order valence-electron chi connectivity index (χ4n) is 4.28. The van der Waals surface area contributed by atoms with Crippen LogP contribution in [0.1, 0.15) is 24.5 Å². The van der Waals surface area contributed by atoms with Crippen LogP contribution in [0.3, 0.4) is 0 Å². The molecule has 0 radical (unpaired) electrons. The van der Waals surface area contributed by atoms with Gasteiger partial charge in [0, 0.05) is 25.2 Å². The molecule has 1 atom stereocenters. The van der Waals surface area contributed by atoms with Crippen molar-refractivity contribution in [3.8, 4) is 0 Å². The summed E-state index contributed by atoms with van der Waals surface area (Å²) in [5.41, 5.74) is 6.25. The molecule has 1 aliphatic rings. The summed E-state index contributed by atoms with van der Waals surface area (Å²) < 4.78 is 15.2. The summed E-state index contributed by atoms with van der Waals surface area (Å²) >= 11 is 0. The Kier molecular flexibility index (Phi) is 6.54. The first-order valence-corrected chi connectivity index (χ1v) is 11.3. The Morgan fingerprint density at radius 3 is 2.54 bits per heavy atom. The van der Waals surface area contributed by atoms with Crippen LogP contribution in [0, 0.1) is 18.7 Å². The summed E-state index contributed by atoms with van der Waals surface area (Å²) in [6.07, 6.45) is -0.0910. The average Bonchev–Trinajstić information content (AvgIpc) is 3.23. The number of hydrogen-bond donors (Lipinski definition) is 2. The van der Waals surface area contributed by atoms with Gasteiger partial charge in [0.05, 0.1) is 12.5 Å². The number of carbonyl (C=O) groups is 2. The van der Waals surface area contributed by atoms with Gasteiger partial charge in [-0.15, -0.1) is 0 Å². The van der Waals surface area contributed by atoms with E-state index in [2.05, 4.69) is 4.98 Å². The van der Waals surface area contributed by atoms with E-state index < -0.39 is 28.9 Å². The van der Waals surface area contributed by atoms with Crippen molar-refractivity contribution in [2.24, 2.45) is 5.92 Å². The van der Waals surface area contributed by atoms with E-state index in [1.165, 1.54) is 20.4 Å². The van der Waals surface area contributed by atoms with Crippen molar-refractivity contribution in [1.82, 2.24) is 9.55 Å². The van der Waals surface area contributed by atoms with Gasteiger partial charge in [0.2, 0.25) is 11.8 Å². The number of H-pyrrole nitrogens is 1. The Hall–Kier alpha value is -4.21. The number of nitrogens with one attached hydrogen (secondary N) is 1. The van der Waals surface area contributed by atoms with Gasteiger partial charge in [0.15, 0.2) is 5.69 Å². The van der Waals surface area contributed by atoms with Gasteiger partial charge in [0.1, 0.15) is 11.6 Å². The summed E-state index contributed by atoms with van der Waals surface area (Å²) in [4.78, 5) is 56.2. The molecule has 3 aromatic rings. The maximum atomic E-state index is 14.0. The molecule has 1 aromatic heterocycles. The lowest BCUT2D eigenvalue weighted by molar-refractivity contribution is -0.124. The zero-order valence-corrected chi connectivity index (χ0v) is 19.5. The van der Waals surface area contributed by atoms with Gasteiger partial charge in [-0.25, -0.2) is 9.18 Å². The van der Waals surface area contributed by atoms with E-state index in [1.54, 1.807) is 26.0 Å². The number of nitrogen functional groups attached to an aromatic ring is 1. The number of carbonyl (C=O) groups excluding carboxylic acids is 2. The van der Waals surface area contributed by atoms with Crippen LogP contribution < -0.4 is 26.8 Å². The number of nitrogens with zero attached hydrogens (tertiary/aromatic N) is 3. The summed E-state index contributed by atoms with van der Waals surface area (Å²) in [6.45, 7) is 3.54.